The normalized spacial score (nSPS) is 15.4. The van der Waals surface area contributed by atoms with Gasteiger partial charge in [0.05, 0.1) is 10.7 Å². The van der Waals surface area contributed by atoms with Crippen molar-refractivity contribution in [2.24, 2.45) is 5.16 Å². The van der Waals surface area contributed by atoms with Crippen LogP contribution >= 0.6 is 11.6 Å². The maximum Gasteiger partial charge on any atom is 0.251 e. The predicted molar refractivity (Wildman–Crippen MR) is 123 cm³/mol. The molecule has 0 aliphatic carbocycles. The van der Waals surface area contributed by atoms with Crippen molar-refractivity contribution in [1.29, 1.82) is 0 Å². The van der Waals surface area contributed by atoms with Crippen molar-refractivity contribution in [3.05, 3.63) is 88.0 Å². The number of nitrogens with one attached hydrogen (secondary N) is 1. The number of pyridine rings is 1. The number of oxime groups is 1. The lowest BCUT2D eigenvalue weighted by molar-refractivity contribution is 0.0826. The number of halogens is 2. The van der Waals surface area contributed by atoms with Gasteiger partial charge in [-0.25, -0.2) is 4.39 Å². The number of carbonyl (C=O) groups is 1. The Bertz CT molecular complexity index is 1210. The molecule has 0 fully saturated rings. The highest BCUT2D eigenvalue weighted by atomic mass is 35.5. The van der Waals surface area contributed by atoms with E-state index in [1.807, 2.05) is 32.9 Å². The average Bonchev–Trinajstić information content (AvgIpc) is 3.23. The number of nitrogens with zero attached hydrogens (tertiary/aromatic N) is 2. The number of amides is 1. The largest absolute Gasteiger partial charge is 0.385 e. The zero-order chi connectivity index (χ0) is 22.8. The molecule has 3 aromatic rings. The first kappa shape index (κ1) is 22.0. The Hall–Kier alpha value is -3.25. The smallest absolute Gasteiger partial charge is 0.251 e. The maximum absolute atomic E-state index is 14.7. The van der Waals surface area contributed by atoms with Gasteiger partial charge in [-0.2, -0.15) is 0 Å². The van der Waals surface area contributed by atoms with E-state index in [1.54, 1.807) is 36.5 Å². The van der Waals surface area contributed by atoms with Crippen LogP contribution in [-0.4, -0.2) is 22.6 Å². The molecule has 1 aromatic heterocycles. The second kappa shape index (κ2) is 9.09. The highest BCUT2D eigenvalue weighted by molar-refractivity contribution is 6.31. The van der Waals surface area contributed by atoms with E-state index in [9.17, 15) is 9.18 Å². The lowest BCUT2D eigenvalue weighted by Gasteiger charge is -2.13. The third-order valence-electron chi connectivity index (χ3n) is 5.14. The Kier molecular flexibility index (Phi) is 6.24. The molecular formula is C25H23ClFN3O2. The molecule has 1 aliphatic heterocycles. The summed E-state index contributed by atoms with van der Waals surface area (Å²) in [5.41, 5.74) is 4.19. The van der Waals surface area contributed by atoms with Gasteiger partial charge in [-0.1, -0.05) is 28.9 Å². The van der Waals surface area contributed by atoms with Crippen LogP contribution in [0, 0.1) is 12.7 Å². The minimum atomic E-state index is -0.425. The van der Waals surface area contributed by atoms with Crippen LogP contribution in [0.15, 0.2) is 59.9 Å². The van der Waals surface area contributed by atoms with Crippen LogP contribution in [-0.2, 0) is 4.84 Å². The van der Waals surface area contributed by atoms with Crippen LogP contribution in [0.1, 0.15) is 53.6 Å². The first-order valence-corrected chi connectivity index (χ1v) is 10.8. The van der Waals surface area contributed by atoms with Crippen molar-refractivity contribution in [3.8, 4) is 11.1 Å². The summed E-state index contributed by atoms with van der Waals surface area (Å²) < 4.78 is 14.7. The summed E-state index contributed by atoms with van der Waals surface area (Å²) in [4.78, 5) is 22.7. The molecule has 0 saturated carbocycles. The lowest BCUT2D eigenvalue weighted by Crippen LogP contribution is -2.30. The average molecular weight is 452 g/mol. The Morgan fingerprint density at radius 1 is 1.19 bits per heavy atom. The number of aryl methyl sites for hydroxylation is 1. The van der Waals surface area contributed by atoms with Gasteiger partial charge >= 0.3 is 0 Å². The molecule has 1 atom stereocenters. The molecule has 1 amide bonds. The zero-order valence-corrected chi connectivity index (χ0v) is 18.8. The molecule has 1 N–H and O–H groups in total. The van der Waals surface area contributed by atoms with E-state index in [0.29, 0.717) is 45.1 Å². The second-order valence-electron chi connectivity index (χ2n) is 8.12. The Labute approximate surface area is 191 Å². The highest BCUT2D eigenvalue weighted by Crippen LogP contribution is 2.34. The van der Waals surface area contributed by atoms with E-state index in [0.717, 1.165) is 5.56 Å². The SMILES string of the molecule is Cc1ccc(-c2cc(C(=O)NC(C)C)cc(C3=NOC(c4ncccc4Cl)C3)c2)c(F)c1. The molecule has 1 unspecified atom stereocenters. The summed E-state index contributed by atoms with van der Waals surface area (Å²) in [7, 11) is 0. The summed E-state index contributed by atoms with van der Waals surface area (Å²) in [6.45, 7) is 5.61. The first-order valence-electron chi connectivity index (χ1n) is 10.4. The standard InChI is InChI=1S/C25H23ClFN3O2/c1-14(2)29-25(31)18-11-16(19-7-6-15(3)9-21(19)27)10-17(12-18)22-13-23(32-30-22)24-20(26)5-4-8-28-24/h4-12,14,23H,13H2,1-3H3,(H,29,31). The van der Waals surface area contributed by atoms with Gasteiger partial charge in [-0.15, -0.1) is 0 Å². The van der Waals surface area contributed by atoms with Gasteiger partial charge in [0, 0.05) is 35.3 Å². The molecule has 0 radical (unpaired) electrons. The van der Waals surface area contributed by atoms with Gasteiger partial charge in [0.2, 0.25) is 0 Å². The number of rotatable bonds is 5. The van der Waals surface area contributed by atoms with Crippen molar-refractivity contribution < 1.29 is 14.0 Å². The van der Waals surface area contributed by atoms with Gasteiger partial charge in [0.25, 0.3) is 5.91 Å². The maximum atomic E-state index is 14.7. The topological polar surface area (TPSA) is 63.6 Å². The summed E-state index contributed by atoms with van der Waals surface area (Å²) in [5.74, 6) is -0.584. The van der Waals surface area contributed by atoms with E-state index in [1.165, 1.54) is 6.07 Å². The Morgan fingerprint density at radius 3 is 2.69 bits per heavy atom. The van der Waals surface area contributed by atoms with Crippen molar-refractivity contribution in [2.75, 3.05) is 0 Å². The Balaban J connectivity index is 1.73. The van der Waals surface area contributed by atoms with Gasteiger partial charge in [-0.05, 0) is 68.3 Å². The van der Waals surface area contributed by atoms with Crippen LogP contribution in [0.4, 0.5) is 4.39 Å². The fourth-order valence-electron chi connectivity index (χ4n) is 3.61. The molecule has 164 valence electrons. The van der Waals surface area contributed by atoms with Crippen molar-refractivity contribution in [1.82, 2.24) is 10.3 Å². The van der Waals surface area contributed by atoms with Crippen LogP contribution < -0.4 is 5.32 Å². The number of hydrogen-bond acceptors (Lipinski definition) is 4. The van der Waals surface area contributed by atoms with Crippen LogP contribution in [0.3, 0.4) is 0 Å². The third-order valence-corrected chi connectivity index (χ3v) is 5.46. The second-order valence-corrected chi connectivity index (χ2v) is 8.52. The molecule has 1 aliphatic rings. The first-order chi connectivity index (χ1) is 15.3. The monoisotopic (exact) mass is 451 g/mol. The summed E-state index contributed by atoms with van der Waals surface area (Å²) in [6.07, 6.45) is 1.66. The summed E-state index contributed by atoms with van der Waals surface area (Å²) in [5, 5.41) is 7.62. The summed E-state index contributed by atoms with van der Waals surface area (Å²) in [6, 6.07) is 13.8. The lowest BCUT2D eigenvalue weighted by atomic mass is 9.94. The molecule has 2 heterocycles. The molecule has 32 heavy (non-hydrogen) atoms. The quantitative estimate of drug-likeness (QED) is 0.529. The molecule has 0 bridgehead atoms. The molecule has 0 spiro atoms. The van der Waals surface area contributed by atoms with Crippen molar-refractivity contribution in [2.45, 2.75) is 39.3 Å². The van der Waals surface area contributed by atoms with Gasteiger partial charge < -0.3 is 10.2 Å². The predicted octanol–water partition coefficient (Wildman–Crippen LogP) is 5.85. The van der Waals surface area contributed by atoms with Crippen LogP contribution in [0.25, 0.3) is 11.1 Å². The number of aromatic nitrogens is 1. The molecule has 7 heteroatoms. The van der Waals surface area contributed by atoms with Crippen molar-refractivity contribution >= 4 is 23.2 Å². The molecular weight excluding hydrogens is 429 g/mol. The fourth-order valence-corrected chi connectivity index (χ4v) is 3.85. The minimum absolute atomic E-state index is 0.0338. The minimum Gasteiger partial charge on any atom is -0.385 e. The van der Waals surface area contributed by atoms with Gasteiger partial charge in [0.15, 0.2) is 6.10 Å². The van der Waals surface area contributed by atoms with Crippen LogP contribution in [0.2, 0.25) is 5.02 Å². The van der Waals surface area contributed by atoms with Crippen LogP contribution in [0.5, 0.6) is 0 Å². The van der Waals surface area contributed by atoms with Crippen molar-refractivity contribution in [3.63, 3.8) is 0 Å². The number of hydrogen-bond donors (Lipinski definition) is 1. The summed E-state index contributed by atoms with van der Waals surface area (Å²) >= 11 is 6.26. The fraction of sp³-hybridized carbons (Fsp3) is 0.240. The highest BCUT2D eigenvalue weighted by Gasteiger charge is 2.28. The van der Waals surface area contributed by atoms with E-state index in [-0.39, 0.29) is 17.8 Å². The molecule has 5 nitrogen and oxygen atoms in total. The van der Waals surface area contributed by atoms with E-state index in [4.69, 9.17) is 16.4 Å². The number of carbonyl (C=O) groups excluding carboxylic acids is 1. The van der Waals surface area contributed by atoms with E-state index in [2.05, 4.69) is 15.5 Å². The van der Waals surface area contributed by atoms with E-state index >= 15 is 0 Å². The number of benzene rings is 2. The van der Waals surface area contributed by atoms with Gasteiger partial charge in [0.1, 0.15) is 11.5 Å². The Morgan fingerprint density at radius 2 is 1.97 bits per heavy atom. The molecule has 4 rings (SSSR count). The zero-order valence-electron chi connectivity index (χ0n) is 18.0. The van der Waals surface area contributed by atoms with E-state index < -0.39 is 6.10 Å². The third kappa shape index (κ3) is 4.65. The molecule has 2 aromatic carbocycles. The molecule has 0 saturated heterocycles. The van der Waals surface area contributed by atoms with Gasteiger partial charge in [-0.3, -0.25) is 9.78 Å².